The van der Waals surface area contributed by atoms with Gasteiger partial charge in [-0.2, -0.15) is 0 Å². The van der Waals surface area contributed by atoms with E-state index in [-0.39, 0.29) is 29.5 Å². The Morgan fingerprint density at radius 3 is 2.70 bits per heavy atom. The van der Waals surface area contributed by atoms with E-state index in [4.69, 9.17) is 5.73 Å². The van der Waals surface area contributed by atoms with E-state index >= 15 is 0 Å². The molecular formula is C14H23ClN4O3S. The van der Waals surface area contributed by atoms with Gasteiger partial charge in [0, 0.05) is 26.3 Å². The molecule has 0 fully saturated rings. The van der Waals surface area contributed by atoms with Crippen LogP contribution in [0.1, 0.15) is 13.8 Å². The number of fused-ring (bicyclic) bond motifs is 1. The summed E-state index contributed by atoms with van der Waals surface area (Å²) >= 11 is 0. The smallest absolute Gasteiger partial charge is 0.256 e. The number of nitrogens with two attached hydrogens (primary N) is 1. The number of carbonyl (C=O) groups is 1. The van der Waals surface area contributed by atoms with E-state index < -0.39 is 10.0 Å². The van der Waals surface area contributed by atoms with Gasteiger partial charge in [-0.25, -0.2) is 8.42 Å². The van der Waals surface area contributed by atoms with Crippen molar-refractivity contribution in [1.29, 1.82) is 0 Å². The minimum atomic E-state index is -3.38. The molecule has 2 aliphatic rings. The Morgan fingerprint density at radius 2 is 2.09 bits per heavy atom. The van der Waals surface area contributed by atoms with Gasteiger partial charge in [-0.1, -0.05) is 13.8 Å². The zero-order valence-corrected chi connectivity index (χ0v) is 15.2. The molecule has 130 valence electrons. The van der Waals surface area contributed by atoms with Gasteiger partial charge in [-0.05, 0) is 24.1 Å². The average Bonchev–Trinajstić information content (AvgIpc) is 2.44. The molecule has 2 rings (SSSR count). The van der Waals surface area contributed by atoms with Crippen molar-refractivity contribution in [3.8, 4) is 0 Å². The fourth-order valence-electron chi connectivity index (χ4n) is 2.33. The summed E-state index contributed by atoms with van der Waals surface area (Å²) in [6.45, 7) is 5.34. The third-order valence-electron chi connectivity index (χ3n) is 3.64. The first-order valence-electron chi connectivity index (χ1n) is 7.08. The van der Waals surface area contributed by atoms with Gasteiger partial charge in [-0.15, -0.1) is 16.8 Å². The summed E-state index contributed by atoms with van der Waals surface area (Å²) in [5.74, 6) is 0.191. The highest BCUT2D eigenvalue weighted by atomic mass is 35.5. The molecule has 1 amide bonds. The monoisotopic (exact) mass is 362 g/mol. The summed E-state index contributed by atoms with van der Waals surface area (Å²) in [6, 6.07) is 0. The molecule has 0 radical (unpaired) electrons. The van der Waals surface area contributed by atoms with Crippen LogP contribution in [0.4, 0.5) is 0 Å². The molecule has 0 aromatic heterocycles. The van der Waals surface area contributed by atoms with Crippen LogP contribution >= 0.6 is 12.4 Å². The molecule has 0 unspecified atom stereocenters. The summed E-state index contributed by atoms with van der Waals surface area (Å²) in [6.07, 6.45) is 4.82. The van der Waals surface area contributed by atoms with Gasteiger partial charge in [0.25, 0.3) is 15.9 Å². The molecule has 0 atom stereocenters. The molecule has 0 saturated carbocycles. The van der Waals surface area contributed by atoms with E-state index in [2.05, 4.69) is 4.40 Å². The van der Waals surface area contributed by atoms with Crippen LogP contribution in [0.5, 0.6) is 0 Å². The van der Waals surface area contributed by atoms with Crippen LogP contribution in [-0.2, 0) is 14.8 Å². The molecule has 0 aromatic rings. The van der Waals surface area contributed by atoms with Crippen molar-refractivity contribution in [3.05, 3.63) is 23.9 Å². The van der Waals surface area contributed by atoms with Gasteiger partial charge in [0.2, 0.25) is 0 Å². The molecule has 7 nitrogen and oxygen atoms in total. The third kappa shape index (κ3) is 4.79. The van der Waals surface area contributed by atoms with Crippen molar-refractivity contribution < 1.29 is 13.2 Å². The zero-order valence-electron chi connectivity index (χ0n) is 13.5. The second kappa shape index (κ2) is 7.02. The number of rotatable bonds is 4. The predicted octanol–water partition coefficient (Wildman–Crippen LogP) is 0.349. The quantitative estimate of drug-likeness (QED) is 0.778. The number of nitrogens with zero attached hydrogens (tertiary/aromatic N) is 3. The fraction of sp³-hybridized carbons (Fsp3) is 0.571. The Labute approximate surface area is 143 Å². The fourth-order valence-corrected chi connectivity index (χ4v) is 3.30. The number of hydrogen-bond donors (Lipinski definition) is 1. The summed E-state index contributed by atoms with van der Waals surface area (Å²) in [5, 5.41) is 0. The topological polar surface area (TPSA) is 96.1 Å². The number of amidine groups is 1. The molecule has 9 heteroatoms. The van der Waals surface area contributed by atoms with E-state index in [1.807, 2.05) is 13.8 Å². The Balaban J connectivity index is 0.00000264. The molecule has 2 aliphatic heterocycles. The van der Waals surface area contributed by atoms with Crippen LogP contribution in [0.25, 0.3) is 0 Å². The molecule has 0 saturated heterocycles. The van der Waals surface area contributed by atoms with Gasteiger partial charge >= 0.3 is 0 Å². The summed E-state index contributed by atoms with van der Waals surface area (Å²) < 4.78 is 26.6. The first kappa shape index (κ1) is 19.7. The average molecular weight is 363 g/mol. The highest BCUT2D eigenvalue weighted by Gasteiger charge is 2.27. The summed E-state index contributed by atoms with van der Waals surface area (Å²) in [5.41, 5.74) is 6.05. The van der Waals surface area contributed by atoms with Crippen LogP contribution in [0, 0.1) is 5.41 Å². The number of sulfonamides is 1. The lowest BCUT2D eigenvalue weighted by Gasteiger charge is -2.31. The number of halogens is 1. The van der Waals surface area contributed by atoms with Crippen molar-refractivity contribution in [2.75, 3.05) is 32.4 Å². The molecule has 0 aliphatic carbocycles. The maximum absolute atomic E-state index is 12.5. The molecule has 2 heterocycles. The second-order valence-electron chi connectivity index (χ2n) is 6.38. The zero-order chi connectivity index (χ0) is 16.5. The van der Waals surface area contributed by atoms with Gasteiger partial charge < -0.3 is 15.5 Å². The highest BCUT2D eigenvalue weighted by molar-refractivity contribution is 7.90. The first-order valence-corrected chi connectivity index (χ1v) is 8.69. The summed E-state index contributed by atoms with van der Waals surface area (Å²) in [7, 11) is -1.64. The largest absolute Gasteiger partial charge is 0.341 e. The van der Waals surface area contributed by atoms with Crippen molar-refractivity contribution in [2.24, 2.45) is 15.5 Å². The second-order valence-corrected chi connectivity index (χ2v) is 8.13. The van der Waals surface area contributed by atoms with Crippen LogP contribution in [0.2, 0.25) is 0 Å². The number of carbonyl (C=O) groups excluding carboxylic acids is 1. The lowest BCUT2D eigenvalue weighted by molar-refractivity contribution is -0.126. The van der Waals surface area contributed by atoms with Gasteiger partial charge in [0.05, 0.1) is 11.3 Å². The lowest BCUT2D eigenvalue weighted by atomic mass is 9.93. The third-order valence-corrected chi connectivity index (χ3v) is 4.80. The van der Waals surface area contributed by atoms with Crippen molar-refractivity contribution >= 4 is 34.2 Å². The molecule has 23 heavy (non-hydrogen) atoms. The Bertz CT molecular complexity index is 668. The molecule has 0 aromatic carbocycles. The van der Waals surface area contributed by atoms with Crippen molar-refractivity contribution in [3.63, 3.8) is 0 Å². The normalized spacial score (nSPS) is 19.2. The molecular weight excluding hydrogens is 340 g/mol. The standard InChI is InChI=1S/C14H22N4O3S.ClH/c1-14(2,9-15)10-17(3)13(19)11-4-5-12-16-22(20,21)7-6-18(12)8-11;/h4-5,8H,6-7,9-10,15H2,1-3H3;1H. The number of likely N-dealkylation sites (N-methyl/N-ethyl adjacent to an activating group) is 1. The SMILES string of the molecule is CN(CC(C)(C)CN)C(=O)C1=CN2CCS(=O)(=O)N=C2C=C1.Cl. The lowest BCUT2D eigenvalue weighted by Crippen LogP contribution is -2.42. The van der Waals surface area contributed by atoms with E-state index in [1.165, 1.54) is 0 Å². The predicted molar refractivity (Wildman–Crippen MR) is 92.9 cm³/mol. The Morgan fingerprint density at radius 1 is 1.43 bits per heavy atom. The maximum atomic E-state index is 12.5. The number of amides is 1. The van der Waals surface area contributed by atoms with Crippen LogP contribution in [-0.4, -0.2) is 62.4 Å². The minimum absolute atomic E-state index is 0. The maximum Gasteiger partial charge on any atom is 0.256 e. The van der Waals surface area contributed by atoms with Gasteiger partial charge in [0.15, 0.2) is 0 Å². The van der Waals surface area contributed by atoms with Crippen LogP contribution in [0.15, 0.2) is 28.3 Å². The van der Waals surface area contributed by atoms with Gasteiger partial charge in [0.1, 0.15) is 5.84 Å². The minimum Gasteiger partial charge on any atom is -0.341 e. The van der Waals surface area contributed by atoms with Crippen LogP contribution in [0.3, 0.4) is 0 Å². The Kier molecular flexibility index (Phi) is 6.00. The number of hydrogen-bond acceptors (Lipinski definition) is 5. The molecule has 2 N–H and O–H groups in total. The van der Waals surface area contributed by atoms with E-state index in [9.17, 15) is 13.2 Å². The van der Waals surface area contributed by atoms with E-state index in [0.29, 0.717) is 31.0 Å². The van der Waals surface area contributed by atoms with Crippen molar-refractivity contribution in [1.82, 2.24) is 9.80 Å². The molecule has 0 spiro atoms. The van der Waals surface area contributed by atoms with Crippen LogP contribution < -0.4 is 5.73 Å². The summed E-state index contributed by atoms with van der Waals surface area (Å²) in [4.78, 5) is 15.8. The Hall–Kier alpha value is -1.38. The van der Waals surface area contributed by atoms with E-state index in [1.54, 1.807) is 35.2 Å². The highest BCUT2D eigenvalue weighted by Crippen LogP contribution is 2.19. The first-order chi connectivity index (χ1) is 10.1. The van der Waals surface area contributed by atoms with E-state index in [0.717, 1.165) is 0 Å². The van der Waals surface area contributed by atoms with Gasteiger partial charge in [-0.3, -0.25) is 4.79 Å². The molecule has 0 bridgehead atoms. The van der Waals surface area contributed by atoms with Crippen molar-refractivity contribution in [2.45, 2.75) is 13.8 Å².